The molecular weight excluding hydrogens is 232 g/mol. The quantitative estimate of drug-likeness (QED) is 0.789. The van der Waals surface area contributed by atoms with Gasteiger partial charge in [-0.15, -0.1) is 0 Å². The maximum absolute atomic E-state index is 11.9. The maximum Gasteiger partial charge on any atom is 0.317 e. The fourth-order valence-electron chi connectivity index (χ4n) is 2.23. The van der Waals surface area contributed by atoms with Crippen molar-refractivity contribution in [1.82, 2.24) is 10.2 Å². The molecule has 104 valence electrons. The third-order valence-corrected chi connectivity index (χ3v) is 3.62. The number of amides is 2. The number of hydrogen-bond acceptors (Lipinski definition) is 2. The van der Waals surface area contributed by atoms with Gasteiger partial charge in [0.15, 0.2) is 0 Å². The van der Waals surface area contributed by atoms with Crippen molar-refractivity contribution < 1.29 is 14.7 Å². The van der Waals surface area contributed by atoms with Gasteiger partial charge in [0, 0.05) is 25.6 Å². The molecule has 0 aromatic rings. The summed E-state index contributed by atoms with van der Waals surface area (Å²) in [7, 11) is 0. The van der Waals surface area contributed by atoms with Gasteiger partial charge in [-0.1, -0.05) is 13.8 Å². The molecular formula is C13H24N2O3. The summed E-state index contributed by atoms with van der Waals surface area (Å²) in [6.07, 6.45) is 1.63. The molecule has 5 nitrogen and oxygen atoms in total. The second-order valence-electron chi connectivity index (χ2n) is 5.52. The third-order valence-electron chi connectivity index (χ3n) is 3.62. The number of nitrogens with one attached hydrogen (secondary N) is 1. The highest BCUT2D eigenvalue weighted by Crippen LogP contribution is 2.23. The Hall–Kier alpha value is -1.26. The summed E-state index contributed by atoms with van der Waals surface area (Å²) < 4.78 is 0. The number of hydrogen-bond donors (Lipinski definition) is 2. The molecule has 0 spiro atoms. The van der Waals surface area contributed by atoms with Crippen LogP contribution in [0, 0.1) is 11.8 Å². The van der Waals surface area contributed by atoms with Crippen LogP contribution in [0.15, 0.2) is 0 Å². The summed E-state index contributed by atoms with van der Waals surface area (Å²) in [6.45, 7) is 7.83. The fraction of sp³-hybridized carbons (Fsp3) is 0.846. The standard InChI is InChI=1S/C13H24N2O3/c1-9(2)11-6-7-15(8-11)13(18)14-10(3)4-5-12(16)17/h9-11H,4-8H2,1-3H3,(H,14,18)(H,16,17). The highest BCUT2D eigenvalue weighted by atomic mass is 16.4. The maximum atomic E-state index is 11.9. The number of urea groups is 1. The predicted octanol–water partition coefficient (Wildman–Crippen LogP) is 1.93. The number of aliphatic carboxylic acids is 1. The Morgan fingerprint density at radius 1 is 1.39 bits per heavy atom. The number of nitrogens with zero attached hydrogens (tertiary/aromatic N) is 1. The SMILES string of the molecule is CC(CCC(=O)O)NC(=O)N1CCC(C(C)C)C1. The number of carbonyl (C=O) groups is 2. The summed E-state index contributed by atoms with van der Waals surface area (Å²) in [4.78, 5) is 24.2. The molecule has 0 radical (unpaired) electrons. The van der Waals surface area contributed by atoms with Crippen molar-refractivity contribution in [3.63, 3.8) is 0 Å². The zero-order valence-corrected chi connectivity index (χ0v) is 11.5. The number of carbonyl (C=O) groups excluding carboxylic acids is 1. The summed E-state index contributed by atoms with van der Waals surface area (Å²) in [6, 6.07) is -0.150. The van der Waals surface area contributed by atoms with Crippen LogP contribution in [0.25, 0.3) is 0 Å². The van der Waals surface area contributed by atoms with Crippen LogP contribution in [0.4, 0.5) is 4.79 Å². The molecule has 2 amide bonds. The molecule has 1 aliphatic heterocycles. The van der Waals surface area contributed by atoms with E-state index in [-0.39, 0.29) is 18.5 Å². The number of rotatable bonds is 5. The molecule has 1 aliphatic rings. The molecule has 2 N–H and O–H groups in total. The zero-order chi connectivity index (χ0) is 13.7. The van der Waals surface area contributed by atoms with Crippen molar-refractivity contribution in [3.8, 4) is 0 Å². The van der Waals surface area contributed by atoms with E-state index in [1.165, 1.54) is 0 Å². The van der Waals surface area contributed by atoms with Crippen LogP contribution in [0.5, 0.6) is 0 Å². The van der Waals surface area contributed by atoms with Crippen molar-refractivity contribution in [2.75, 3.05) is 13.1 Å². The van der Waals surface area contributed by atoms with Crippen molar-refractivity contribution in [1.29, 1.82) is 0 Å². The van der Waals surface area contributed by atoms with Gasteiger partial charge in [0.05, 0.1) is 0 Å². The molecule has 0 aromatic carbocycles. The van der Waals surface area contributed by atoms with E-state index in [9.17, 15) is 9.59 Å². The van der Waals surface area contributed by atoms with Crippen LogP contribution in [-0.2, 0) is 4.79 Å². The first-order valence-corrected chi connectivity index (χ1v) is 6.67. The number of carboxylic acids is 1. The van der Waals surface area contributed by atoms with Crippen LogP contribution in [0.1, 0.15) is 40.0 Å². The van der Waals surface area contributed by atoms with Gasteiger partial charge >= 0.3 is 12.0 Å². The fourth-order valence-corrected chi connectivity index (χ4v) is 2.23. The van der Waals surface area contributed by atoms with Crippen LogP contribution in [0.3, 0.4) is 0 Å². The Morgan fingerprint density at radius 2 is 2.06 bits per heavy atom. The highest BCUT2D eigenvalue weighted by molar-refractivity contribution is 5.75. The van der Waals surface area contributed by atoms with E-state index in [1.54, 1.807) is 0 Å². The lowest BCUT2D eigenvalue weighted by molar-refractivity contribution is -0.137. The summed E-state index contributed by atoms with van der Waals surface area (Å²) >= 11 is 0. The Kier molecular flexibility index (Phi) is 5.44. The van der Waals surface area contributed by atoms with Crippen molar-refractivity contribution in [2.24, 2.45) is 11.8 Å². The Morgan fingerprint density at radius 3 is 2.56 bits per heavy atom. The minimum Gasteiger partial charge on any atom is -0.481 e. The third kappa shape index (κ3) is 4.55. The lowest BCUT2D eigenvalue weighted by atomic mass is 9.95. The first kappa shape index (κ1) is 14.8. The molecule has 1 heterocycles. The second-order valence-corrected chi connectivity index (χ2v) is 5.52. The molecule has 1 saturated heterocycles. The number of carboxylic acid groups (broad SMARTS) is 1. The Bertz CT molecular complexity index is 305. The normalized spacial score (nSPS) is 21.1. The topological polar surface area (TPSA) is 69.6 Å². The van der Waals surface area contributed by atoms with E-state index in [1.807, 2.05) is 11.8 Å². The largest absolute Gasteiger partial charge is 0.481 e. The van der Waals surface area contributed by atoms with Crippen molar-refractivity contribution >= 4 is 12.0 Å². The Balaban J connectivity index is 2.31. The highest BCUT2D eigenvalue weighted by Gasteiger charge is 2.28. The van der Waals surface area contributed by atoms with E-state index in [2.05, 4.69) is 19.2 Å². The molecule has 2 atom stereocenters. The van der Waals surface area contributed by atoms with Crippen molar-refractivity contribution in [3.05, 3.63) is 0 Å². The van der Waals surface area contributed by atoms with Crippen molar-refractivity contribution in [2.45, 2.75) is 46.1 Å². The second kappa shape index (κ2) is 6.61. The molecule has 0 aromatic heterocycles. The zero-order valence-electron chi connectivity index (χ0n) is 11.5. The van der Waals surface area contributed by atoms with E-state index in [0.29, 0.717) is 18.3 Å². The van der Waals surface area contributed by atoms with Gasteiger partial charge in [0.25, 0.3) is 0 Å². The van der Waals surface area contributed by atoms with Gasteiger partial charge < -0.3 is 15.3 Å². The van der Waals surface area contributed by atoms with Gasteiger partial charge in [-0.2, -0.15) is 0 Å². The lowest BCUT2D eigenvalue weighted by Gasteiger charge is -2.21. The molecule has 1 rings (SSSR count). The average Bonchev–Trinajstić information content (AvgIpc) is 2.75. The molecule has 1 fully saturated rings. The van der Waals surface area contributed by atoms with Gasteiger partial charge in [0.1, 0.15) is 0 Å². The van der Waals surface area contributed by atoms with Gasteiger partial charge in [-0.25, -0.2) is 4.79 Å². The summed E-state index contributed by atoms with van der Waals surface area (Å²) in [5.74, 6) is 0.370. The summed E-state index contributed by atoms with van der Waals surface area (Å²) in [5, 5.41) is 11.4. The minimum atomic E-state index is -0.822. The Labute approximate surface area is 109 Å². The minimum absolute atomic E-state index is 0.0592. The van der Waals surface area contributed by atoms with E-state index in [4.69, 9.17) is 5.11 Å². The van der Waals surface area contributed by atoms with Gasteiger partial charge in [-0.05, 0) is 31.6 Å². The molecule has 5 heteroatoms. The molecule has 0 aliphatic carbocycles. The lowest BCUT2D eigenvalue weighted by Crippen LogP contribution is -2.43. The van der Waals surface area contributed by atoms with Crippen LogP contribution in [0.2, 0.25) is 0 Å². The van der Waals surface area contributed by atoms with Crippen LogP contribution >= 0.6 is 0 Å². The molecule has 18 heavy (non-hydrogen) atoms. The number of likely N-dealkylation sites (tertiary alicyclic amines) is 1. The monoisotopic (exact) mass is 256 g/mol. The van der Waals surface area contributed by atoms with E-state index < -0.39 is 5.97 Å². The molecule has 0 bridgehead atoms. The molecule has 2 unspecified atom stereocenters. The summed E-state index contributed by atoms with van der Waals surface area (Å²) in [5.41, 5.74) is 0. The van der Waals surface area contributed by atoms with Gasteiger partial charge in [-0.3, -0.25) is 4.79 Å². The van der Waals surface area contributed by atoms with Crippen LogP contribution < -0.4 is 5.32 Å². The first-order valence-electron chi connectivity index (χ1n) is 6.67. The van der Waals surface area contributed by atoms with Gasteiger partial charge in [0.2, 0.25) is 0 Å². The smallest absolute Gasteiger partial charge is 0.317 e. The van der Waals surface area contributed by atoms with E-state index in [0.717, 1.165) is 19.5 Å². The predicted molar refractivity (Wildman–Crippen MR) is 69.4 cm³/mol. The first-order chi connectivity index (χ1) is 8.40. The average molecular weight is 256 g/mol. The molecule has 0 saturated carbocycles. The van der Waals surface area contributed by atoms with Crippen LogP contribution in [-0.4, -0.2) is 41.1 Å². The van der Waals surface area contributed by atoms with E-state index >= 15 is 0 Å².